The number of nitrogens with zero attached hydrogens (tertiary/aromatic N) is 3. The first-order chi connectivity index (χ1) is 12.6. The predicted molar refractivity (Wildman–Crippen MR) is 83.2 cm³/mol. The number of hydrogen-bond donors (Lipinski definition) is 0. The highest BCUT2D eigenvalue weighted by Crippen LogP contribution is 2.35. The predicted octanol–water partition coefficient (Wildman–Crippen LogP) is 3.09. The van der Waals surface area contributed by atoms with Crippen LogP contribution in [0, 0.1) is 15.9 Å². The van der Waals surface area contributed by atoms with Crippen LogP contribution in [0.4, 0.5) is 10.1 Å². The maximum Gasteiger partial charge on any atom is 0.311 e. The van der Waals surface area contributed by atoms with Gasteiger partial charge < -0.3 is 18.7 Å². The Morgan fingerprint density at radius 3 is 2.88 bits per heavy atom. The van der Waals surface area contributed by atoms with Crippen LogP contribution in [0.2, 0.25) is 0 Å². The van der Waals surface area contributed by atoms with Crippen molar-refractivity contribution in [3.8, 4) is 28.6 Å². The molecular formula is C16H10FN3O6. The molecule has 1 aliphatic rings. The van der Waals surface area contributed by atoms with Gasteiger partial charge in [0.1, 0.15) is 5.82 Å². The first-order valence-electron chi connectivity index (χ1n) is 7.39. The molecule has 0 saturated carbocycles. The number of nitro benzene ring substituents is 1. The molecule has 0 radical (unpaired) electrons. The molecule has 0 unspecified atom stereocenters. The van der Waals surface area contributed by atoms with Gasteiger partial charge in [0.15, 0.2) is 18.1 Å². The molecule has 0 spiro atoms. The van der Waals surface area contributed by atoms with Crippen LogP contribution in [0.3, 0.4) is 0 Å². The normalized spacial score (nSPS) is 12.2. The number of halogens is 1. The smallest absolute Gasteiger partial charge is 0.311 e. The number of aromatic nitrogens is 2. The van der Waals surface area contributed by atoms with E-state index in [0.29, 0.717) is 17.1 Å². The van der Waals surface area contributed by atoms with Crippen LogP contribution in [0.5, 0.6) is 17.2 Å². The molecule has 0 amide bonds. The monoisotopic (exact) mass is 359 g/mol. The Morgan fingerprint density at radius 1 is 1.19 bits per heavy atom. The molecule has 10 heteroatoms. The molecule has 0 fully saturated rings. The highest BCUT2D eigenvalue weighted by molar-refractivity contribution is 5.61. The molecule has 4 rings (SSSR count). The van der Waals surface area contributed by atoms with E-state index in [0.717, 1.165) is 18.2 Å². The molecule has 26 heavy (non-hydrogen) atoms. The van der Waals surface area contributed by atoms with Gasteiger partial charge in [-0.05, 0) is 24.3 Å². The molecule has 0 bridgehead atoms. The molecule has 9 nitrogen and oxygen atoms in total. The molecule has 132 valence electrons. The third-order valence-electron chi connectivity index (χ3n) is 3.57. The number of nitro groups is 1. The second-order valence-electron chi connectivity index (χ2n) is 5.24. The third-order valence-corrected chi connectivity index (χ3v) is 3.57. The summed E-state index contributed by atoms with van der Waals surface area (Å²) >= 11 is 0. The van der Waals surface area contributed by atoms with Crippen molar-refractivity contribution >= 4 is 5.69 Å². The van der Waals surface area contributed by atoms with Gasteiger partial charge in [0.2, 0.25) is 18.4 Å². The van der Waals surface area contributed by atoms with Crippen molar-refractivity contribution < 1.29 is 28.0 Å². The van der Waals surface area contributed by atoms with E-state index in [2.05, 4.69) is 10.1 Å². The van der Waals surface area contributed by atoms with Gasteiger partial charge >= 0.3 is 5.69 Å². The van der Waals surface area contributed by atoms with Crippen molar-refractivity contribution in [3.05, 3.63) is 58.2 Å². The standard InChI is InChI=1S/C16H10FN3O6/c17-10-2-3-11(20(21)22)13(6-10)23-7-15-18-16(19-26-15)9-1-4-12-14(5-9)25-8-24-12/h1-6H,7-8H2. The van der Waals surface area contributed by atoms with Gasteiger partial charge in [0.25, 0.3) is 5.89 Å². The second-order valence-corrected chi connectivity index (χ2v) is 5.24. The van der Waals surface area contributed by atoms with Gasteiger partial charge in [-0.15, -0.1) is 0 Å². The molecule has 1 aliphatic heterocycles. The lowest BCUT2D eigenvalue weighted by atomic mass is 10.2. The average molecular weight is 359 g/mol. The highest BCUT2D eigenvalue weighted by Gasteiger charge is 2.19. The van der Waals surface area contributed by atoms with Gasteiger partial charge in [-0.3, -0.25) is 10.1 Å². The maximum atomic E-state index is 13.3. The summed E-state index contributed by atoms with van der Waals surface area (Å²) in [5.41, 5.74) is 0.280. The van der Waals surface area contributed by atoms with E-state index in [9.17, 15) is 14.5 Å². The van der Waals surface area contributed by atoms with Crippen LogP contribution < -0.4 is 14.2 Å². The zero-order valence-electron chi connectivity index (χ0n) is 13.0. The minimum atomic E-state index is -0.666. The molecule has 0 aliphatic carbocycles. The van der Waals surface area contributed by atoms with E-state index in [4.69, 9.17) is 18.7 Å². The van der Waals surface area contributed by atoms with Crippen LogP contribution in [0.1, 0.15) is 5.89 Å². The van der Waals surface area contributed by atoms with Crippen molar-refractivity contribution in [2.45, 2.75) is 6.61 Å². The maximum absolute atomic E-state index is 13.3. The van der Waals surface area contributed by atoms with Crippen molar-refractivity contribution in [2.24, 2.45) is 0 Å². The van der Waals surface area contributed by atoms with Crippen LogP contribution in [-0.2, 0) is 6.61 Å². The highest BCUT2D eigenvalue weighted by atomic mass is 19.1. The zero-order chi connectivity index (χ0) is 18.1. The largest absolute Gasteiger partial charge is 0.477 e. The summed E-state index contributed by atoms with van der Waals surface area (Å²) in [6.07, 6.45) is 0. The Morgan fingerprint density at radius 2 is 2.04 bits per heavy atom. The van der Waals surface area contributed by atoms with Crippen LogP contribution >= 0.6 is 0 Å². The number of fused-ring (bicyclic) bond motifs is 1. The van der Waals surface area contributed by atoms with Crippen LogP contribution in [0.15, 0.2) is 40.9 Å². The molecule has 3 aromatic rings. The van der Waals surface area contributed by atoms with E-state index in [1.165, 1.54) is 0 Å². The second kappa shape index (κ2) is 6.31. The van der Waals surface area contributed by atoms with Crippen LogP contribution in [0.25, 0.3) is 11.4 Å². The summed E-state index contributed by atoms with van der Waals surface area (Å²) in [6.45, 7) is -0.0988. The Kier molecular flexibility index (Phi) is 3.84. The Balaban J connectivity index is 1.51. The minimum absolute atomic E-state index is 0.0798. The number of hydrogen-bond acceptors (Lipinski definition) is 8. The molecule has 0 atom stereocenters. The fourth-order valence-electron chi connectivity index (χ4n) is 2.36. The van der Waals surface area contributed by atoms with Crippen molar-refractivity contribution in [3.63, 3.8) is 0 Å². The van der Waals surface area contributed by atoms with E-state index < -0.39 is 10.7 Å². The Labute approximate surface area is 145 Å². The molecule has 2 aromatic carbocycles. The summed E-state index contributed by atoms with van der Waals surface area (Å²) in [6, 6.07) is 8.09. The van der Waals surface area contributed by atoms with Gasteiger partial charge in [-0.1, -0.05) is 5.16 Å². The van der Waals surface area contributed by atoms with Crippen molar-refractivity contribution in [1.82, 2.24) is 10.1 Å². The lowest BCUT2D eigenvalue weighted by Gasteiger charge is -2.03. The summed E-state index contributed by atoms with van der Waals surface area (Å²) < 4.78 is 34.1. The Hall–Kier alpha value is -3.69. The van der Waals surface area contributed by atoms with Gasteiger partial charge in [-0.2, -0.15) is 4.98 Å². The van der Waals surface area contributed by atoms with Crippen LogP contribution in [-0.4, -0.2) is 21.9 Å². The topological polar surface area (TPSA) is 110 Å². The third kappa shape index (κ3) is 2.99. The summed E-state index contributed by atoms with van der Waals surface area (Å²) in [5, 5.41) is 14.8. The summed E-state index contributed by atoms with van der Waals surface area (Å²) in [5.74, 6) is 0.682. The summed E-state index contributed by atoms with van der Waals surface area (Å²) in [7, 11) is 0. The quantitative estimate of drug-likeness (QED) is 0.505. The lowest BCUT2D eigenvalue weighted by molar-refractivity contribution is -0.386. The lowest BCUT2D eigenvalue weighted by Crippen LogP contribution is -2.00. The zero-order valence-corrected chi connectivity index (χ0v) is 13.0. The SMILES string of the molecule is O=[N+]([O-])c1ccc(F)cc1OCc1nc(-c2ccc3c(c2)OCO3)no1. The van der Waals surface area contributed by atoms with E-state index >= 15 is 0 Å². The number of ether oxygens (including phenoxy) is 3. The van der Waals surface area contributed by atoms with E-state index in [1.54, 1.807) is 18.2 Å². The van der Waals surface area contributed by atoms with Crippen molar-refractivity contribution in [2.75, 3.05) is 6.79 Å². The van der Waals surface area contributed by atoms with E-state index in [-0.39, 0.29) is 36.6 Å². The van der Waals surface area contributed by atoms with Crippen molar-refractivity contribution in [1.29, 1.82) is 0 Å². The first-order valence-corrected chi connectivity index (χ1v) is 7.39. The van der Waals surface area contributed by atoms with Gasteiger partial charge in [0.05, 0.1) is 4.92 Å². The molecule has 2 heterocycles. The molecular weight excluding hydrogens is 349 g/mol. The fourth-order valence-corrected chi connectivity index (χ4v) is 2.36. The Bertz CT molecular complexity index is 990. The molecule has 0 N–H and O–H groups in total. The summed E-state index contributed by atoms with van der Waals surface area (Å²) in [4.78, 5) is 14.4. The molecule has 1 aromatic heterocycles. The molecule has 0 saturated heterocycles. The first kappa shape index (κ1) is 15.8. The van der Waals surface area contributed by atoms with Gasteiger partial charge in [-0.25, -0.2) is 4.39 Å². The van der Waals surface area contributed by atoms with E-state index in [1.807, 2.05) is 0 Å². The van der Waals surface area contributed by atoms with Gasteiger partial charge in [0, 0.05) is 17.7 Å². The average Bonchev–Trinajstić information content (AvgIpc) is 3.28. The number of rotatable bonds is 5. The fraction of sp³-hybridized carbons (Fsp3) is 0.125. The number of benzene rings is 2. The minimum Gasteiger partial charge on any atom is -0.477 e.